The lowest BCUT2D eigenvalue weighted by molar-refractivity contribution is -0.126. The van der Waals surface area contributed by atoms with Crippen LogP contribution in [0.15, 0.2) is 9.59 Å². The van der Waals surface area contributed by atoms with Gasteiger partial charge in [0.15, 0.2) is 16.9 Å². The molecule has 21 heavy (non-hydrogen) atoms. The molecule has 0 N–H and O–H groups in total. The summed E-state index contributed by atoms with van der Waals surface area (Å²) in [6.45, 7) is 5.30. The molecule has 0 spiro atoms. The second-order valence-corrected chi connectivity index (χ2v) is 6.36. The Morgan fingerprint density at radius 2 is 1.76 bits per heavy atom. The average molecular weight is 313 g/mol. The highest BCUT2D eigenvalue weighted by Gasteiger charge is 2.25. The number of carbonyl (C=O) groups excluding carboxylic acids is 1. The maximum Gasteiger partial charge on any atom is 0.332 e. The van der Waals surface area contributed by atoms with E-state index in [1.54, 1.807) is 20.8 Å². The van der Waals surface area contributed by atoms with Crippen LogP contribution in [0.2, 0.25) is 5.28 Å². The molecule has 0 fully saturated rings. The van der Waals surface area contributed by atoms with E-state index in [4.69, 9.17) is 11.6 Å². The van der Waals surface area contributed by atoms with E-state index >= 15 is 0 Å². The minimum Gasteiger partial charge on any atom is -0.301 e. The molecular weight excluding hydrogens is 296 g/mol. The summed E-state index contributed by atoms with van der Waals surface area (Å²) < 4.78 is 3.56. The summed E-state index contributed by atoms with van der Waals surface area (Å²) in [5.74, 6) is -0.0837. The molecular formula is C13H17ClN4O3. The number of hydrogen-bond donors (Lipinski definition) is 0. The Hall–Kier alpha value is -1.89. The molecule has 2 rings (SSSR count). The third-order valence-corrected chi connectivity index (χ3v) is 3.73. The van der Waals surface area contributed by atoms with Gasteiger partial charge in [0.1, 0.15) is 0 Å². The Balaban J connectivity index is 2.78. The zero-order chi connectivity index (χ0) is 16.1. The van der Waals surface area contributed by atoms with Gasteiger partial charge in [-0.2, -0.15) is 4.98 Å². The van der Waals surface area contributed by atoms with Crippen LogP contribution in [0.5, 0.6) is 0 Å². The minimum atomic E-state index is -0.564. The number of ketones is 1. The Labute approximate surface area is 125 Å². The summed E-state index contributed by atoms with van der Waals surface area (Å²) in [6, 6.07) is 0. The van der Waals surface area contributed by atoms with Gasteiger partial charge in [-0.05, 0) is 11.6 Å². The molecule has 0 atom stereocenters. The molecule has 0 aliphatic rings. The summed E-state index contributed by atoms with van der Waals surface area (Å²) in [7, 11) is 2.88. The number of fused-ring (bicyclic) bond motifs is 1. The first kappa shape index (κ1) is 15.5. The molecule has 0 aliphatic heterocycles. The summed E-state index contributed by atoms with van der Waals surface area (Å²) in [6.07, 6.45) is 0. The molecule has 7 nitrogen and oxygen atoms in total. The van der Waals surface area contributed by atoms with E-state index in [-0.39, 0.29) is 28.8 Å². The normalized spacial score (nSPS) is 12.1. The number of imidazole rings is 1. The van der Waals surface area contributed by atoms with E-state index in [9.17, 15) is 14.4 Å². The van der Waals surface area contributed by atoms with Crippen LogP contribution < -0.4 is 11.2 Å². The van der Waals surface area contributed by atoms with Crippen LogP contribution in [0.1, 0.15) is 20.8 Å². The number of hydrogen-bond acceptors (Lipinski definition) is 4. The fourth-order valence-corrected chi connectivity index (χ4v) is 2.17. The Bertz CT molecular complexity index is 851. The predicted octanol–water partition coefficient (Wildman–Crippen LogP) is 0.702. The monoisotopic (exact) mass is 312 g/mol. The standard InChI is InChI=1S/C13H17ClN4O3/c1-13(2,3)7(19)6-18-8-9(15-11(18)14)16(4)12(21)17(5)10(8)20/h6H2,1-5H3. The molecule has 2 aromatic heterocycles. The van der Waals surface area contributed by atoms with Crippen LogP contribution in [0.4, 0.5) is 0 Å². The molecule has 0 bridgehead atoms. The number of aromatic nitrogens is 4. The van der Waals surface area contributed by atoms with Crippen molar-refractivity contribution in [3.63, 3.8) is 0 Å². The van der Waals surface area contributed by atoms with Crippen LogP contribution in [0.25, 0.3) is 11.2 Å². The molecule has 0 saturated carbocycles. The Morgan fingerprint density at radius 3 is 2.29 bits per heavy atom. The Morgan fingerprint density at radius 1 is 1.19 bits per heavy atom. The maximum atomic E-state index is 12.3. The van der Waals surface area contributed by atoms with Crippen LogP contribution in [0.3, 0.4) is 0 Å². The molecule has 0 unspecified atom stereocenters. The van der Waals surface area contributed by atoms with Gasteiger partial charge in [-0.25, -0.2) is 4.79 Å². The molecule has 2 aromatic rings. The van der Waals surface area contributed by atoms with Crippen molar-refractivity contribution in [3.05, 3.63) is 26.1 Å². The molecule has 0 radical (unpaired) electrons. The fourth-order valence-electron chi connectivity index (χ4n) is 1.94. The molecule has 2 heterocycles. The highest BCUT2D eigenvalue weighted by molar-refractivity contribution is 6.29. The number of carbonyl (C=O) groups is 1. The summed E-state index contributed by atoms with van der Waals surface area (Å²) in [4.78, 5) is 40.4. The van der Waals surface area contributed by atoms with Gasteiger partial charge in [0.05, 0.1) is 6.54 Å². The van der Waals surface area contributed by atoms with E-state index in [1.807, 2.05) is 0 Å². The number of rotatable bonds is 2. The van der Waals surface area contributed by atoms with Crippen molar-refractivity contribution in [3.8, 4) is 0 Å². The largest absolute Gasteiger partial charge is 0.332 e. The highest BCUT2D eigenvalue weighted by Crippen LogP contribution is 2.20. The number of aryl methyl sites for hydroxylation is 1. The molecule has 0 saturated heterocycles. The van der Waals surface area contributed by atoms with E-state index in [1.165, 1.54) is 23.2 Å². The Kier molecular flexibility index (Phi) is 3.57. The number of nitrogens with zero attached hydrogens (tertiary/aromatic N) is 4. The molecule has 0 aliphatic carbocycles. The smallest absolute Gasteiger partial charge is 0.301 e. The van der Waals surface area contributed by atoms with Crippen LogP contribution in [0, 0.1) is 5.41 Å². The number of Topliss-reactive ketones (excluding diaryl/α,β-unsaturated/α-hetero) is 1. The van der Waals surface area contributed by atoms with Crippen molar-refractivity contribution in [2.24, 2.45) is 19.5 Å². The first-order valence-corrected chi connectivity index (χ1v) is 6.78. The fraction of sp³-hybridized carbons (Fsp3) is 0.538. The van der Waals surface area contributed by atoms with Crippen LogP contribution in [-0.4, -0.2) is 24.5 Å². The van der Waals surface area contributed by atoms with Crippen molar-refractivity contribution < 1.29 is 4.79 Å². The van der Waals surface area contributed by atoms with Crippen molar-refractivity contribution in [2.45, 2.75) is 27.3 Å². The van der Waals surface area contributed by atoms with Crippen molar-refractivity contribution >= 4 is 28.5 Å². The number of halogens is 1. The van der Waals surface area contributed by atoms with Gasteiger partial charge in [-0.1, -0.05) is 20.8 Å². The summed E-state index contributed by atoms with van der Waals surface area (Å²) in [5, 5.41) is 0.0147. The van der Waals surface area contributed by atoms with Crippen molar-refractivity contribution in [2.75, 3.05) is 0 Å². The topological polar surface area (TPSA) is 78.9 Å². The van der Waals surface area contributed by atoms with Gasteiger partial charge in [0.2, 0.25) is 5.28 Å². The minimum absolute atomic E-state index is 0.0147. The lowest BCUT2D eigenvalue weighted by Gasteiger charge is -2.17. The molecule has 114 valence electrons. The maximum absolute atomic E-state index is 12.3. The zero-order valence-corrected chi connectivity index (χ0v) is 13.4. The van der Waals surface area contributed by atoms with E-state index in [0.717, 1.165) is 4.57 Å². The SMILES string of the molecule is Cn1c(=O)c2c(nc(Cl)n2CC(=O)C(C)(C)C)n(C)c1=O. The summed E-state index contributed by atoms with van der Waals surface area (Å²) in [5.41, 5.74) is -1.24. The van der Waals surface area contributed by atoms with Gasteiger partial charge in [-0.3, -0.25) is 18.7 Å². The quantitative estimate of drug-likeness (QED) is 0.765. The molecule has 0 aromatic carbocycles. The second kappa shape index (κ2) is 4.84. The summed E-state index contributed by atoms with van der Waals surface area (Å²) >= 11 is 6.05. The first-order chi connectivity index (χ1) is 9.55. The zero-order valence-electron chi connectivity index (χ0n) is 12.6. The third-order valence-electron chi connectivity index (χ3n) is 3.44. The lowest BCUT2D eigenvalue weighted by atomic mass is 9.91. The molecule has 8 heteroatoms. The van der Waals surface area contributed by atoms with E-state index in [0.29, 0.717) is 0 Å². The third kappa shape index (κ3) is 2.42. The molecule has 0 amide bonds. The first-order valence-electron chi connectivity index (χ1n) is 6.40. The van der Waals surface area contributed by atoms with E-state index < -0.39 is 16.7 Å². The van der Waals surface area contributed by atoms with Gasteiger partial charge < -0.3 is 4.57 Å². The predicted molar refractivity (Wildman–Crippen MR) is 79.7 cm³/mol. The van der Waals surface area contributed by atoms with Crippen LogP contribution in [-0.2, 0) is 25.4 Å². The van der Waals surface area contributed by atoms with Crippen molar-refractivity contribution in [1.82, 2.24) is 18.7 Å². The second-order valence-electron chi connectivity index (χ2n) is 6.02. The van der Waals surface area contributed by atoms with Gasteiger partial charge in [0.25, 0.3) is 5.56 Å². The highest BCUT2D eigenvalue weighted by atomic mass is 35.5. The van der Waals surface area contributed by atoms with Gasteiger partial charge in [-0.15, -0.1) is 0 Å². The average Bonchev–Trinajstić information content (AvgIpc) is 2.70. The van der Waals surface area contributed by atoms with Gasteiger partial charge >= 0.3 is 5.69 Å². The van der Waals surface area contributed by atoms with Crippen molar-refractivity contribution in [1.29, 1.82) is 0 Å². The van der Waals surface area contributed by atoms with Crippen LogP contribution >= 0.6 is 11.6 Å². The van der Waals surface area contributed by atoms with Gasteiger partial charge in [0, 0.05) is 19.5 Å². The van der Waals surface area contributed by atoms with E-state index in [2.05, 4.69) is 4.98 Å². The lowest BCUT2D eigenvalue weighted by Crippen LogP contribution is -2.38.